The van der Waals surface area contributed by atoms with Crippen molar-refractivity contribution in [2.45, 2.75) is 11.3 Å². The van der Waals surface area contributed by atoms with E-state index in [9.17, 15) is 18.5 Å². The summed E-state index contributed by atoms with van der Waals surface area (Å²) in [5.41, 5.74) is 4.76. The summed E-state index contributed by atoms with van der Waals surface area (Å²) in [5, 5.41) is 12.1. The van der Waals surface area contributed by atoms with Gasteiger partial charge < -0.3 is 4.57 Å². The number of nitro benzene ring substituents is 1. The van der Waals surface area contributed by atoms with Crippen molar-refractivity contribution in [3.63, 3.8) is 0 Å². The lowest BCUT2D eigenvalue weighted by Gasteiger charge is -2.20. The van der Waals surface area contributed by atoms with Crippen LogP contribution in [0.5, 0.6) is 0 Å². The fourth-order valence-corrected chi connectivity index (χ4v) is 5.78. The molecular formula is C25H21N3O4S. The Labute approximate surface area is 191 Å². The van der Waals surface area contributed by atoms with Gasteiger partial charge in [0.25, 0.3) is 15.7 Å². The summed E-state index contributed by atoms with van der Waals surface area (Å²) in [7, 11) is -1.91. The molecule has 8 heteroatoms. The van der Waals surface area contributed by atoms with Gasteiger partial charge in [-0.25, -0.2) is 8.42 Å². The Balaban J connectivity index is 1.69. The number of nitro groups is 1. The van der Waals surface area contributed by atoms with Gasteiger partial charge in [0.15, 0.2) is 0 Å². The highest BCUT2D eigenvalue weighted by Gasteiger charge is 2.29. The number of rotatable bonds is 4. The fourth-order valence-electron chi connectivity index (χ4n) is 4.45. The molecule has 0 saturated carbocycles. The predicted molar refractivity (Wildman–Crippen MR) is 127 cm³/mol. The van der Waals surface area contributed by atoms with Crippen LogP contribution >= 0.6 is 0 Å². The topological polar surface area (TPSA) is 85.5 Å². The lowest BCUT2D eigenvalue weighted by Crippen LogP contribution is -2.27. The number of nitrogens with zero attached hydrogens (tertiary/aromatic N) is 3. The highest BCUT2D eigenvalue weighted by molar-refractivity contribution is 7.89. The lowest BCUT2D eigenvalue weighted by atomic mass is 9.99. The van der Waals surface area contributed by atoms with Crippen molar-refractivity contribution < 1.29 is 13.3 Å². The van der Waals surface area contributed by atoms with Gasteiger partial charge in [0.05, 0.1) is 15.5 Å². The molecule has 0 bridgehead atoms. The van der Waals surface area contributed by atoms with Crippen LogP contribution in [0.15, 0.2) is 90.0 Å². The van der Waals surface area contributed by atoms with Gasteiger partial charge in [-0.05, 0) is 35.7 Å². The zero-order chi connectivity index (χ0) is 23.2. The highest BCUT2D eigenvalue weighted by atomic mass is 32.2. The number of non-ortho nitro benzene ring substituents is 1. The number of para-hydroxylation sites is 1. The number of hydrogen-bond acceptors (Lipinski definition) is 4. The van der Waals surface area contributed by atoms with Crippen LogP contribution < -0.4 is 0 Å². The molecule has 5 rings (SSSR count). The summed E-state index contributed by atoms with van der Waals surface area (Å²) in [6, 6.07) is 22.9. The van der Waals surface area contributed by atoms with Gasteiger partial charge in [-0.3, -0.25) is 14.4 Å². The van der Waals surface area contributed by atoms with Crippen LogP contribution in [-0.4, -0.2) is 28.8 Å². The van der Waals surface area contributed by atoms with Crippen molar-refractivity contribution in [2.75, 3.05) is 6.54 Å². The van der Waals surface area contributed by atoms with E-state index in [0.29, 0.717) is 6.42 Å². The summed E-state index contributed by atoms with van der Waals surface area (Å²) >= 11 is 0. The molecule has 0 N–H and O–H groups in total. The van der Waals surface area contributed by atoms with Crippen molar-refractivity contribution in [1.82, 2.24) is 8.87 Å². The standard InChI is InChI=1S/C25H21N3O4S/c1-26-24-10-6-5-9-21(24)22-15-16-27(17-23(25(22)26)18-7-3-2-4-8-18)33(31,32)20-13-11-19(12-14-20)28(29)30/h2-14,17H,15-16H2,1H3. The number of benzene rings is 3. The highest BCUT2D eigenvalue weighted by Crippen LogP contribution is 2.37. The summed E-state index contributed by atoms with van der Waals surface area (Å²) in [6.07, 6.45) is 2.23. The van der Waals surface area contributed by atoms with Crippen molar-refractivity contribution in [2.24, 2.45) is 7.05 Å². The van der Waals surface area contributed by atoms with Gasteiger partial charge in [0.2, 0.25) is 0 Å². The van der Waals surface area contributed by atoms with Gasteiger partial charge in [-0.1, -0.05) is 48.5 Å². The number of hydrogen-bond donors (Lipinski definition) is 0. The number of aryl methyl sites for hydroxylation is 1. The second kappa shape index (κ2) is 7.90. The van der Waals surface area contributed by atoms with Crippen molar-refractivity contribution in [1.29, 1.82) is 0 Å². The minimum atomic E-state index is -3.91. The molecule has 0 saturated heterocycles. The first-order valence-corrected chi connectivity index (χ1v) is 11.9. The molecule has 1 aliphatic heterocycles. The summed E-state index contributed by atoms with van der Waals surface area (Å²) in [4.78, 5) is 10.5. The Morgan fingerprint density at radius 3 is 2.27 bits per heavy atom. The van der Waals surface area contributed by atoms with Crippen LogP contribution in [-0.2, 0) is 23.5 Å². The molecular weight excluding hydrogens is 438 g/mol. The molecule has 1 aromatic heterocycles. The Hall–Kier alpha value is -3.91. The Morgan fingerprint density at radius 1 is 0.909 bits per heavy atom. The van der Waals surface area contributed by atoms with Crippen LogP contribution in [0.2, 0.25) is 0 Å². The van der Waals surface area contributed by atoms with E-state index in [1.807, 2.05) is 49.5 Å². The van der Waals surface area contributed by atoms with Gasteiger partial charge in [-0.2, -0.15) is 0 Å². The third-order valence-electron chi connectivity index (χ3n) is 6.06. The SMILES string of the molecule is Cn1c2c(c3ccccc31)CCN(S(=O)(=O)c1ccc([N+](=O)[O-])cc1)C=C2c1ccccc1. The summed E-state index contributed by atoms with van der Waals surface area (Å²) in [6.45, 7) is 0.261. The molecule has 0 spiro atoms. The molecule has 0 unspecified atom stereocenters. The second-order valence-electron chi connectivity index (χ2n) is 7.93. The predicted octanol–water partition coefficient (Wildman–Crippen LogP) is 4.72. The maximum atomic E-state index is 13.5. The van der Waals surface area contributed by atoms with Crippen molar-refractivity contribution in [3.8, 4) is 0 Å². The molecule has 2 heterocycles. The van der Waals surface area contributed by atoms with Crippen LogP contribution in [0.4, 0.5) is 5.69 Å². The Kier molecular flexibility index (Phi) is 5.02. The van der Waals surface area contributed by atoms with E-state index in [4.69, 9.17) is 0 Å². The Bertz CT molecular complexity index is 1500. The van der Waals surface area contributed by atoms with Gasteiger partial charge in [0, 0.05) is 48.4 Å². The number of aromatic nitrogens is 1. The lowest BCUT2D eigenvalue weighted by molar-refractivity contribution is -0.384. The molecule has 33 heavy (non-hydrogen) atoms. The minimum absolute atomic E-state index is 0.0209. The van der Waals surface area contributed by atoms with Crippen LogP contribution in [0.1, 0.15) is 16.8 Å². The second-order valence-corrected chi connectivity index (χ2v) is 9.82. The number of fused-ring (bicyclic) bond motifs is 3. The van der Waals surface area contributed by atoms with E-state index in [1.54, 1.807) is 6.20 Å². The molecule has 7 nitrogen and oxygen atoms in total. The van der Waals surface area contributed by atoms with E-state index in [2.05, 4.69) is 16.7 Å². The van der Waals surface area contributed by atoms with Crippen molar-refractivity contribution in [3.05, 3.63) is 112 Å². The average molecular weight is 460 g/mol. The number of sulfonamides is 1. The van der Waals surface area contributed by atoms with E-state index >= 15 is 0 Å². The van der Waals surface area contributed by atoms with E-state index in [-0.39, 0.29) is 17.1 Å². The molecule has 4 aromatic rings. The van der Waals surface area contributed by atoms with Gasteiger partial charge in [0.1, 0.15) is 0 Å². The molecule has 0 atom stereocenters. The minimum Gasteiger partial charge on any atom is -0.343 e. The molecule has 3 aromatic carbocycles. The zero-order valence-corrected chi connectivity index (χ0v) is 18.7. The maximum absolute atomic E-state index is 13.5. The molecule has 0 amide bonds. The van der Waals surface area contributed by atoms with E-state index in [1.165, 1.54) is 28.6 Å². The first kappa shape index (κ1) is 21.0. The first-order valence-electron chi connectivity index (χ1n) is 10.5. The van der Waals surface area contributed by atoms with E-state index < -0.39 is 14.9 Å². The largest absolute Gasteiger partial charge is 0.343 e. The summed E-state index contributed by atoms with van der Waals surface area (Å²) < 4.78 is 30.5. The third kappa shape index (κ3) is 3.48. The molecule has 166 valence electrons. The smallest absolute Gasteiger partial charge is 0.269 e. The van der Waals surface area contributed by atoms with Gasteiger partial charge in [-0.15, -0.1) is 0 Å². The van der Waals surface area contributed by atoms with Crippen LogP contribution in [0.25, 0.3) is 16.5 Å². The van der Waals surface area contributed by atoms with Gasteiger partial charge >= 0.3 is 0 Å². The third-order valence-corrected chi connectivity index (χ3v) is 7.83. The normalized spacial score (nSPS) is 14.0. The molecule has 0 radical (unpaired) electrons. The first-order chi connectivity index (χ1) is 15.9. The van der Waals surface area contributed by atoms with Crippen LogP contribution in [0, 0.1) is 10.1 Å². The average Bonchev–Trinajstić information content (AvgIpc) is 2.98. The quantitative estimate of drug-likeness (QED) is 0.326. The summed E-state index contributed by atoms with van der Waals surface area (Å²) in [5.74, 6) is 0. The fraction of sp³-hybridized carbons (Fsp3) is 0.120. The maximum Gasteiger partial charge on any atom is 0.269 e. The molecule has 0 fully saturated rings. The molecule has 0 aliphatic carbocycles. The van der Waals surface area contributed by atoms with Crippen molar-refractivity contribution >= 4 is 32.2 Å². The van der Waals surface area contributed by atoms with Crippen LogP contribution in [0.3, 0.4) is 0 Å². The molecule has 1 aliphatic rings. The Morgan fingerprint density at radius 2 is 1.58 bits per heavy atom. The van der Waals surface area contributed by atoms with E-state index in [0.717, 1.165) is 33.3 Å². The zero-order valence-electron chi connectivity index (χ0n) is 17.9. The monoisotopic (exact) mass is 459 g/mol.